The molecule has 3 aromatic carbocycles. The Morgan fingerprint density at radius 2 is 1.55 bits per heavy atom. The largest absolute Gasteiger partial charge is 0.379 e. The second-order valence-electron chi connectivity index (χ2n) is 9.99. The third-order valence-corrected chi connectivity index (χ3v) is 10.1. The lowest BCUT2D eigenvalue weighted by molar-refractivity contribution is -0.156. The number of nitrogens with one attached hydrogen (secondary N) is 1. The van der Waals surface area contributed by atoms with Crippen LogP contribution in [0.15, 0.2) is 102 Å². The number of benzene rings is 3. The van der Waals surface area contributed by atoms with Gasteiger partial charge in [-0.1, -0.05) is 103 Å². The van der Waals surface area contributed by atoms with Crippen LogP contribution in [0, 0.1) is 0 Å². The first-order chi connectivity index (χ1) is 21.3. The van der Waals surface area contributed by atoms with Gasteiger partial charge in [0.2, 0.25) is 0 Å². The number of rotatable bonds is 8. The van der Waals surface area contributed by atoms with Crippen molar-refractivity contribution in [3.8, 4) is 0 Å². The number of nitrogens with zero attached hydrogens (tertiary/aromatic N) is 2. The third-order valence-electron chi connectivity index (χ3n) is 7.21. The molecule has 2 atom stereocenters. The molecule has 0 bridgehead atoms. The molecule has 1 saturated heterocycles. The van der Waals surface area contributed by atoms with Gasteiger partial charge in [-0.2, -0.15) is 5.48 Å². The number of carbonyl (C=O) groups is 4. The Morgan fingerprint density at radius 3 is 2.11 bits per heavy atom. The van der Waals surface area contributed by atoms with Gasteiger partial charge in [0.25, 0.3) is 17.7 Å². The second-order valence-corrected chi connectivity index (χ2v) is 12.5. The van der Waals surface area contributed by atoms with E-state index in [-0.39, 0.29) is 28.6 Å². The van der Waals surface area contributed by atoms with E-state index in [1.165, 1.54) is 22.0 Å². The Bertz CT molecular complexity index is 1750. The van der Waals surface area contributed by atoms with Gasteiger partial charge in [-0.3, -0.25) is 19.3 Å². The average molecular weight is 641 g/mol. The normalized spacial score (nSPS) is 17.6. The highest BCUT2D eigenvalue weighted by Crippen LogP contribution is 2.53. The standard InChI is InChI=1S/C32H24N4O5S3/c33-28(38)21-17-43-29(34-21)24-25(32(40)41-35-22(37)16-18-10-4-1-5-11-18)36-30(39)26(42)31(36)44-27(24)23(19-12-6-2-7-13-19)20-14-8-3-9-15-20/h1-15,17,23,27,31H,16H2,(H2,33,38)(H,35,37)/t27?,31-/m0/s1. The number of aromatic nitrogens is 1. The van der Waals surface area contributed by atoms with Crippen molar-refractivity contribution in [2.45, 2.75) is 23.0 Å². The molecule has 1 fully saturated rings. The van der Waals surface area contributed by atoms with Crippen LogP contribution in [0.4, 0.5) is 0 Å². The molecule has 3 N–H and O–H groups in total. The molecule has 0 saturated carbocycles. The number of thioether (sulfide) groups is 1. The summed E-state index contributed by atoms with van der Waals surface area (Å²) in [7, 11) is 0. The highest BCUT2D eigenvalue weighted by atomic mass is 32.2. The SMILES string of the molecule is NC(=O)c1csc(C2=C(C(=O)ONC(=O)Cc3ccccc3)N3C(=O)C(=S)[C@@H]3SC2C(c2ccccc2)c2ccccc2)n1. The van der Waals surface area contributed by atoms with Crippen molar-refractivity contribution in [1.29, 1.82) is 0 Å². The molecule has 1 aromatic heterocycles. The lowest BCUT2D eigenvalue weighted by Crippen LogP contribution is -2.62. The van der Waals surface area contributed by atoms with Crippen molar-refractivity contribution in [2.24, 2.45) is 5.73 Å². The van der Waals surface area contributed by atoms with Gasteiger partial charge in [0.1, 0.15) is 26.6 Å². The molecule has 0 aliphatic carbocycles. The monoisotopic (exact) mass is 640 g/mol. The molecule has 1 unspecified atom stereocenters. The fraction of sp³-hybridized carbons (Fsp3) is 0.125. The van der Waals surface area contributed by atoms with E-state index in [0.717, 1.165) is 28.0 Å². The Balaban J connectivity index is 1.47. The lowest BCUT2D eigenvalue weighted by Gasteiger charge is -2.48. The fourth-order valence-electron chi connectivity index (χ4n) is 5.21. The minimum atomic E-state index is -0.955. The molecule has 44 heavy (non-hydrogen) atoms. The summed E-state index contributed by atoms with van der Waals surface area (Å²) in [4.78, 5) is 63.0. The lowest BCUT2D eigenvalue weighted by atomic mass is 9.84. The van der Waals surface area contributed by atoms with Gasteiger partial charge in [-0.15, -0.1) is 23.1 Å². The minimum absolute atomic E-state index is 0.0214. The molecule has 9 nitrogen and oxygen atoms in total. The van der Waals surface area contributed by atoms with Crippen LogP contribution in [0.25, 0.3) is 5.57 Å². The van der Waals surface area contributed by atoms with E-state index in [9.17, 15) is 19.2 Å². The summed E-state index contributed by atoms with van der Waals surface area (Å²) >= 11 is 8.00. The van der Waals surface area contributed by atoms with E-state index < -0.39 is 34.3 Å². The quantitative estimate of drug-likeness (QED) is 0.166. The van der Waals surface area contributed by atoms with Gasteiger partial charge in [-0.25, -0.2) is 9.78 Å². The van der Waals surface area contributed by atoms with Gasteiger partial charge in [0.05, 0.1) is 6.42 Å². The first kappa shape index (κ1) is 29.4. The molecule has 0 spiro atoms. The third kappa shape index (κ3) is 5.66. The summed E-state index contributed by atoms with van der Waals surface area (Å²) < 4.78 is 0. The first-order valence-corrected chi connectivity index (χ1v) is 15.7. The summed E-state index contributed by atoms with van der Waals surface area (Å²) in [6, 6.07) is 28.5. The molecule has 0 radical (unpaired) electrons. The number of thiazole rings is 1. The van der Waals surface area contributed by atoms with E-state index in [2.05, 4.69) is 10.5 Å². The predicted octanol–water partition coefficient (Wildman–Crippen LogP) is 4.26. The Labute approximate surface area is 266 Å². The smallest absolute Gasteiger partial charge is 0.364 e. The highest BCUT2D eigenvalue weighted by molar-refractivity contribution is 8.03. The van der Waals surface area contributed by atoms with E-state index >= 15 is 0 Å². The molecule has 2 aliphatic rings. The Hall–Kier alpha value is -4.65. The maximum absolute atomic E-state index is 13.9. The molecule has 6 rings (SSSR count). The number of β-lactam (4-membered cyclic amide) rings is 1. The number of thiocarbonyl (C=S) groups is 1. The second kappa shape index (κ2) is 12.5. The van der Waals surface area contributed by atoms with Gasteiger partial charge in [-0.05, 0) is 16.7 Å². The number of hydroxylamine groups is 1. The van der Waals surface area contributed by atoms with Gasteiger partial charge < -0.3 is 10.6 Å². The van der Waals surface area contributed by atoms with Crippen LogP contribution in [0.5, 0.6) is 0 Å². The number of hydrogen-bond acceptors (Lipinski definition) is 9. The Morgan fingerprint density at radius 1 is 0.955 bits per heavy atom. The summed E-state index contributed by atoms with van der Waals surface area (Å²) in [6.45, 7) is 0. The maximum atomic E-state index is 13.9. The van der Waals surface area contributed by atoms with E-state index in [4.69, 9.17) is 22.8 Å². The zero-order valence-corrected chi connectivity index (χ0v) is 25.4. The summed E-state index contributed by atoms with van der Waals surface area (Å²) in [6.07, 6.45) is -0.0214. The maximum Gasteiger partial charge on any atom is 0.379 e. The number of amides is 3. The van der Waals surface area contributed by atoms with Crippen LogP contribution in [-0.4, -0.2) is 49.1 Å². The van der Waals surface area contributed by atoms with Crippen LogP contribution >= 0.6 is 35.3 Å². The zero-order chi connectivity index (χ0) is 30.8. The number of nitrogens with two attached hydrogens (primary N) is 1. The topological polar surface area (TPSA) is 132 Å². The summed E-state index contributed by atoms with van der Waals surface area (Å²) in [5.74, 6) is -3.07. The number of hydrogen-bond donors (Lipinski definition) is 2. The molecule has 4 aromatic rings. The Kier molecular flexibility index (Phi) is 8.38. The fourth-order valence-corrected chi connectivity index (χ4v) is 8.21. The molecule has 3 amide bonds. The first-order valence-electron chi connectivity index (χ1n) is 13.5. The van der Waals surface area contributed by atoms with Crippen LogP contribution in [0.2, 0.25) is 0 Å². The zero-order valence-electron chi connectivity index (χ0n) is 22.9. The average Bonchev–Trinajstić information content (AvgIpc) is 3.55. The van der Waals surface area contributed by atoms with Crippen molar-refractivity contribution in [1.82, 2.24) is 15.4 Å². The van der Waals surface area contributed by atoms with E-state index in [0.29, 0.717) is 10.6 Å². The van der Waals surface area contributed by atoms with Crippen molar-refractivity contribution < 1.29 is 24.0 Å². The van der Waals surface area contributed by atoms with Crippen molar-refractivity contribution in [3.63, 3.8) is 0 Å². The number of carbonyl (C=O) groups excluding carboxylic acids is 4. The molecular formula is C32H24N4O5S3. The van der Waals surface area contributed by atoms with Gasteiger partial charge >= 0.3 is 5.97 Å². The van der Waals surface area contributed by atoms with Crippen molar-refractivity contribution in [2.75, 3.05) is 0 Å². The van der Waals surface area contributed by atoms with Gasteiger partial charge in [0, 0.05) is 22.1 Å². The van der Waals surface area contributed by atoms with E-state index in [1.54, 1.807) is 24.3 Å². The summed E-state index contributed by atoms with van der Waals surface area (Å²) in [5.41, 5.74) is 10.7. The van der Waals surface area contributed by atoms with E-state index in [1.807, 2.05) is 66.7 Å². The van der Waals surface area contributed by atoms with Crippen LogP contribution in [0.1, 0.15) is 38.1 Å². The molecule has 220 valence electrons. The highest BCUT2D eigenvalue weighted by Gasteiger charge is 2.55. The molecular weight excluding hydrogens is 617 g/mol. The number of fused-ring (bicyclic) bond motifs is 1. The van der Waals surface area contributed by atoms with Gasteiger partial charge in [0.15, 0.2) is 0 Å². The molecule has 2 aliphatic heterocycles. The number of primary amides is 1. The van der Waals surface area contributed by atoms with Crippen LogP contribution in [0.3, 0.4) is 0 Å². The van der Waals surface area contributed by atoms with Crippen LogP contribution in [-0.2, 0) is 25.6 Å². The molecule has 3 heterocycles. The summed E-state index contributed by atoms with van der Waals surface area (Å²) in [5, 5.41) is 0.687. The molecule has 12 heteroatoms. The van der Waals surface area contributed by atoms with Crippen molar-refractivity contribution >= 4 is 69.4 Å². The minimum Gasteiger partial charge on any atom is -0.364 e. The van der Waals surface area contributed by atoms with Crippen LogP contribution < -0.4 is 11.2 Å². The predicted molar refractivity (Wildman–Crippen MR) is 171 cm³/mol. The van der Waals surface area contributed by atoms with Crippen molar-refractivity contribution in [3.05, 3.63) is 129 Å².